The summed E-state index contributed by atoms with van der Waals surface area (Å²) in [5, 5.41) is 17.2. The van der Waals surface area contributed by atoms with E-state index in [1.165, 1.54) is 34.4 Å². The summed E-state index contributed by atoms with van der Waals surface area (Å²) in [7, 11) is 3.13. The first kappa shape index (κ1) is 25.7. The van der Waals surface area contributed by atoms with Gasteiger partial charge in [-0.3, -0.25) is 14.2 Å². The molecule has 0 saturated carbocycles. The average Bonchev–Trinajstić information content (AvgIpc) is 3.69. The quantitative estimate of drug-likeness (QED) is 0.235. The second kappa shape index (κ2) is 11.6. The van der Waals surface area contributed by atoms with Gasteiger partial charge >= 0.3 is 0 Å². The number of benzene rings is 2. The largest absolute Gasteiger partial charge is 0.497 e. The Morgan fingerprint density at radius 2 is 1.92 bits per heavy atom. The lowest BCUT2D eigenvalue weighted by Gasteiger charge is -2.15. The highest BCUT2D eigenvalue weighted by Gasteiger charge is 2.21. The topological polar surface area (TPSA) is 120 Å². The van der Waals surface area contributed by atoms with Crippen molar-refractivity contribution < 1.29 is 19.1 Å². The SMILES string of the molecule is COc1ccc(OC)c(-n2c(CNC(=O)c3cccs3)nnc2SCC(=O)Nc2nc3ccccc3s2)c1. The lowest BCUT2D eigenvalue weighted by molar-refractivity contribution is -0.113. The first-order valence-corrected chi connectivity index (χ1v) is 14.0. The number of rotatable bonds is 10. The molecular formula is C25H22N6O4S3. The Hall–Kier alpha value is -3.94. The maximum atomic E-state index is 12.8. The first-order valence-electron chi connectivity index (χ1n) is 11.3. The number of methoxy groups -OCH3 is 2. The van der Waals surface area contributed by atoms with Crippen LogP contribution >= 0.6 is 34.4 Å². The van der Waals surface area contributed by atoms with Gasteiger partial charge in [-0.05, 0) is 35.7 Å². The molecule has 0 bridgehead atoms. The molecule has 38 heavy (non-hydrogen) atoms. The number of carbonyl (C=O) groups excluding carboxylic acids is 2. The van der Waals surface area contributed by atoms with Gasteiger partial charge in [0, 0.05) is 6.07 Å². The van der Waals surface area contributed by atoms with Gasteiger partial charge in [0.2, 0.25) is 5.91 Å². The van der Waals surface area contributed by atoms with Crippen LogP contribution < -0.4 is 20.1 Å². The van der Waals surface area contributed by atoms with Gasteiger partial charge in [0.1, 0.15) is 11.5 Å². The number of hydrogen-bond acceptors (Lipinski definition) is 10. The monoisotopic (exact) mass is 566 g/mol. The van der Waals surface area contributed by atoms with Crippen molar-refractivity contribution in [2.45, 2.75) is 11.7 Å². The number of thiazole rings is 1. The summed E-state index contributed by atoms with van der Waals surface area (Å²) in [5.74, 6) is 1.26. The van der Waals surface area contributed by atoms with Gasteiger partial charge in [0.25, 0.3) is 5.91 Å². The third-order valence-electron chi connectivity index (χ3n) is 5.35. The molecule has 0 fully saturated rings. The number of thioether (sulfide) groups is 1. The third kappa shape index (κ3) is 5.64. The van der Waals surface area contributed by atoms with E-state index in [1.54, 1.807) is 43.1 Å². The number of nitrogens with one attached hydrogen (secondary N) is 2. The van der Waals surface area contributed by atoms with Crippen molar-refractivity contribution in [2.75, 3.05) is 25.3 Å². The highest BCUT2D eigenvalue weighted by atomic mass is 32.2. The van der Waals surface area contributed by atoms with Crippen molar-refractivity contribution in [1.82, 2.24) is 25.1 Å². The molecule has 5 rings (SSSR count). The fourth-order valence-corrected chi connectivity index (χ4v) is 5.87. The zero-order valence-corrected chi connectivity index (χ0v) is 22.8. The minimum Gasteiger partial charge on any atom is -0.497 e. The number of ether oxygens (including phenoxy) is 2. The fraction of sp³-hybridized carbons (Fsp3) is 0.160. The molecule has 0 spiro atoms. The minimum atomic E-state index is -0.228. The van der Waals surface area contributed by atoms with Gasteiger partial charge in [-0.1, -0.05) is 41.3 Å². The zero-order chi connectivity index (χ0) is 26.5. The van der Waals surface area contributed by atoms with Gasteiger partial charge in [0.15, 0.2) is 16.1 Å². The number of hydrogen-bond donors (Lipinski definition) is 2. The van der Waals surface area contributed by atoms with Crippen LogP contribution in [-0.2, 0) is 11.3 Å². The third-order valence-corrected chi connectivity index (χ3v) is 8.10. The maximum absolute atomic E-state index is 12.8. The van der Waals surface area contributed by atoms with Crippen molar-refractivity contribution in [1.29, 1.82) is 0 Å². The summed E-state index contributed by atoms with van der Waals surface area (Å²) in [6, 6.07) is 16.6. The Kier molecular flexibility index (Phi) is 7.86. The van der Waals surface area contributed by atoms with Gasteiger partial charge in [-0.2, -0.15) is 0 Å². The molecule has 2 N–H and O–H groups in total. The minimum absolute atomic E-state index is 0.0713. The lowest BCUT2D eigenvalue weighted by atomic mass is 10.2. The maximum Gasteiger partial charge on any atom is 0.261 e. The van der Waals surface area contributed by atoms with E-state index in [4.69, 9.17) is 9.47 Å². The summed E-state index contributed by atoms with van der Waals surface area (Å²) < 4.78 is 13.7. The molecule has 0 radical (unpaired) electrons. The Bertz CT molecular complexity index is 1550. The second-order valence-electron chi connectivity index (χ2n) is 7.76. The van der Waals surface area contributed by atoms with Gasteiger partial charge in [-0.15, -0.1) is 21.5 Å². The smallest absolute Gasteiger partial charge is 0.261 e. The van der Waals surface area contributed by atoms with Crippen molar-refractivity contribution in [3.63, 3.8) is 0 Å². The predicted molar refractivity (Wildman–Crippen MR) is 149 cm³/mol. The summed E-state index contributed by atoms with van der Waals surface area (Å²) in [6.45, 7) is 0.114. The van der Waals surface area contributed by atoms with E-state index in [0.29, 0.717) is 38.2 Å². The van der Waals surface area contributed by atoms with E-state index in [9.17, 15) is 9.59 Å². The van der Waals surface area contributed by atoms with Crippen LogP contribution in [0.3, 0.4) is 0 Å². The number of para-hydroxylation sites is 1. The van der Waals surface area contributed by atoms with Gasteiger partial charge in [0.05, 0.1) is 47.3 Å². The van der Waals surface area contributed by atoms with E-state index >= 15 is 0 Å². The standard InChI is InChI=1S/C25H22N6O4S3/c1-34-15-9-10-18(35-2)17(12-15)31-21(13-26-23(33)20-8-5-11-36-20)29-30-25(31)37-14-22(32)28-24-27-16-6-3-4-7-19(16)38-24/h3-12H,13-14H2,1-2H3,(H,26,33)(H,27,28,32). The van der Waals surface area contributed by atoms with Crippen LogP contribution in [0.5, 0.6) is 11.5 Å². The Morgan fingerprint density at radius 3 is 2.68 bits per heavy atom. The van der Waals surface area contributed by atoms with Crippen LogP contribution in [0.2, 0.25) is 0 Å². The summed E-state index contributed by atoms with van der Waals surface area (Å²) >= 11 is 3.97. The molecule has 2 aromatic carbocycles. The van der Waals surface area contributed by atoms with Crippen LogP contribution in [0.15, 0.2) is 65.1 Å². The number of thiophene rings is 1. The van der Waals surface area contributed by atoms with Crippen molar-refractivity contribution >= 4 is 61.6 Å². The molecular weight excluding hydrogens is 545 g/mol. The van der Waals surface area contributed by atoms with Gasteiger partial charge in [-0.25, -0.2) is 4.98 Å². The van der Waals surface area contributed by atoms with Crippen LogP contribution in [0, 0.1) is 0 Å². The Morgan fingerprint density at radius 1 is 1.05 bits per heavy atom. The van der Waals surface area contributed by atoms with Crippen molar-refractivity contribution in [2.24, 2.45) is 0 Å². The molecule has 0 saturated heterocycles. The van der Waals surface area contributed by atoms with Crippen molar-refractivity contribution in [3.05, 3.63) is 70.7 Å². The van der Waals surface area contributed by atoms with E-state index in [1.807, 2.05) is 35.7 Å². The van der Waals surface area contributed by atoms with Crippen LogP contribution in [0.25, 0.3) is 15.9 Å². The van der Waals surface area contributed by atoms with Crippen LogP contribution in [0.1, 0.15) is 15.5 Å². The van der Waals surface area contributed by atoms with Crippen LogP contribution in [0.4, 0.5) is 5.13 Å². The fourth-order valence-electron chi connectivity index (χ4n) is 3.59. The molecule has 194 valence electrons. The number of aromatic nitrogens is 4. The summed E-state index contributed by atoms with van der Waals surface area (Å²) in [4.78, 5) is 30.4. The first-order chi connectivity index (χ1) is 18.6. The highest BCUT2D eigenvalue weighted by molar-refractivity contribution is 7.99. The molecule has 2 amide bonds. The van der Waals surface area contributed by atoms with Crippen molar-refractivity contribution in [3.8, 4) is 17.2 Å². The Balaban J connectivity index is 1.38. The number of amides is 2. The average molecular weight is 567 g/mol. The predicted octanol–water partition coefficient (Wildman–Crippen LogP) is 4.62. The highest BCUT2D eigenvalue weighted by Crippen LogP contribution is 2.32. The number of nitrogens with zero attached hydrogens (tertiary/aromatic N) is 4. The number of anilines is 1. The molecule has 10 nitrogen and oxygen atoms in total. The Labute approximate surface area is 230 Å². The van der Waals surface area contributed by atoms with E-state index in [-0.39, 0.29) is 24.1 Å². The molecule has 0 aliphatic heterocycles. The molecule has 3 aromatic heterocycles. The van der Waals surface area contributed by atoms with E-state index < -0.39 is 0 Å². The lowest BCUT2D eigenvalue weighted by Crippen LogP contribution is -2.24. The molecule has 0 atom stereocenters. The van der Waals surface area contributed by atoms with E-state index in [2.05, 4.69) is 25.8 Å². The summed E-state index contributed by atoms with van der Waals surface area (Å²) in [5.41, 5.74) is 1.45. The van der Waals surface area contributed by atoms with E-state index in [0.717, 1.165) is 10.2 Å². The van der Waals surface area contributed by atoms with Gasteiger partial charge < -0.3 is 20.1 Å². The molecule has 3 heterocycles. The second-order valence-corrected chi connectivity index (χ2v) is 10.7. The molecule has 0 aliphatic rings. The van der Waals surface area contributed by atoms with Crippen LogP contribution in [-0.4, -0.2) is 51.5 Å². The zero-order valence-electron chi connectivity index (χ0n) is 20.3. The number of carbonyl (C=O) groups is 2. The normalized spacial score (nSPS) is 10.9. The molecule has 0 unspecified atom stereocenters. The molecule has 13 heteroatoms. The molecule has 5 aromatic rings. The summed E-state index contributed by atoms with van der Waals surface area (Å²) in [6.07, 6.45) is 0. The number of fused-ring (bicyclic) bond motifs is 1. The molecule has 0 aliphatic carbocycles.